The maximum atomic E-state index is 12.9. The normalized spacial score (nSPS) is 11.3. The van der Waals surface area contributed by atoms with Gasteiger partial charge in [0.2, 0.25) is 0 Å². The van der Waals surface area contributed by atoms with E-state index in [0.29, 0.717) is 11.1 Å². The molecule has 5 nitrogen and oxygen atoms in total. The van der Waals surface area contributed by atoms with E-state index in [2.05, 4.69) is 5.32 Å². The van der Waals surface area contributed by atoms with Gasteiger partial charge in [0.15, 0.2) is 0 Å². The van der Waals surface area contributed by atoms with Crippen molar-refractivity contribution in [2.24, 2.45) is 0 Å². The molecule has 0 radical (unpaired) electrons. The van der Waals surface area contributed by atoms with Crippen LogP contribution in [0.3, 0.4) is 0 Å². The summed E-state index contributed by atoms with van der Waals surface area (Å²) in [4.78, 5) is 23.4. The van der Waals surface area contributed by atoms with Crippen LogP contribution in [0.25, 0.3) is 0 Å². The lowest BCUT2D eigenvalue weighted by atomic mass is 10.0. The molecule has 6 heteroatoms. The SMILES string of the molecule is N#Cc1ccccc1C[C@H](NC(=O)c1ccc(F)cc1)C(=O)O. The molecule has 0 bridgehead atoms. The second-order valence-electron chi connectivity index (χ2n) is 4.84. The van der Waals surface area contributed by atoms with Gasteiger partial charge in [0.25, 0.3) is 5.91 Å². The Balaban J connectivity index is 2.16. The minimum Gasteiger partial charge on any atom is -0.480 e. The lowest BCUT2D eigenvalue weighted by molar-refractivity contribution is -0.139. The number of carboxylic acids is 1. The van der Waals surface area contributed by atoms with Gasteiger partial charge in [-0.3, -0.25) is 4.79 Å². The van der Waals surface area contributed by atoms with E-state index in [1.54, 1.807) is 24.3 Å². The number of carbonyl (C=O) groups is 2. The van der Waals surface area contributed by atoms with Crippen molar-refractivity contribution in [2.45, 2.75) is 12.5 Å². The Morgan fingerprint density at radius 2 is 1.83 bits per heavy atom. The first-order valence-corrected chi connectivity index (χ1v) is 6.78. The maximum absolute atomic E-state index is 12.9. The third-order valence-electron chi connectivity index (χ3n) is 3.27. The number of benzene rings is 2. The first-order chi connectivity index (χ1) is 11.0. The molecular weight excluding hydrogens is 299 g/mol. The van der Waals surface area contributed by atoms with E-state index in [1.807, 2.05) is 6.07 Å². The molecule has 2 aromatic rings. The third-order valence-corrected chi connectivity index (χ3v) is 3.27. The molecule has 1 amide bonds. The molecule has 1 atom stereocenters. The highest BCUT2D eigenvalue weighted by atomic mass is 19.1. The molecule has 0 heterocycles. The molecule has 0 aliphatic rings. The number of carboxylic acid groups (broad SMARTS) is 1. The van der Waals surface area contributed by atoms with E-state index in [1.165, 1.54) is 12.1 Å². The standard InChI is InChI=1S/C17H13FN2O3/c18-14-7-5-11(6-8-14)16(21)20-15(17(22)23)9-12-3-1-2-4-13(12)10-19/h1-8,15H,9H2,(H,20,21)(H,22,23)/t15-/m0/s1. The van der Waals surface area contributed by atoms with Gasteiger partial charge >= 0.3 is 5.97 Å². The van der Waals surface area contributed by atoms with Crippen LogP contribution in [0.15, 0.2) is 48.5 Å². The summed E-state index contributed by atoms with van der Waals surface area (Å²) in [6.07, 6.45) is -0.0218. The zero-order valence-electron chi connectivity index (χ0n) is 12.0. The molecule has 0 aliphatic carbocycles. The van der Waals surface area contributed by atoms with E-state index >= 15 is 0 Å². The Hall–Kier alpha value is -3.20. The third kappa shape index (κ3) is 4.14. The van der Waals surface area contributed by atoms with Crippen molar-refractivity contribution < 1.29 is 19.1 Å². The van der Waals surface area contributed by atoms with Crippen LogP contribution in [0.2, 0.25) is 0 Å². The molecule has 23 heavy (non-hydrogen) atoms. The Kier molecular flexibility index (Phi) is 5.05. The molecule has 0 unspecified atom stereocenters. The average Bonchev–Trinajstić information content (AvgIpc) is 2.55. The van der Waals surface area contributed by atoms with Crippen LogP contribution in [0.4, 0.5) is 4.39 Å². The first-order valence-electron chi connectivity index (χ1n) is 6.78. The highest BCUT2D eigenvalue weighted by molar-refractivity contribution is 5.96. The van der Waals surface area contributed by atoms with Gasteiger partial charge in [0, 0.05) is 12.0 Å². The van der Waals surface area contributed by atoms with Gasteiger partial charge < -0.3 is 10.4 Å². The molecule has 116 valence electrons. The molecule has 2 N–H and O–H groups in total. The minimum absolute atomic E-state index is 0.0218. The topological polar surface area (TPSA) is 90.2 Å². The number of halogens is 1. The fourth-order valence-corrected chi connectivity index (χ4v) is 2.07. The van der Waals surface area contributed by atoms with Crippen LogP contribution in [0, 0.1) is 17.1 Å². The van der Waals surface area contributed by atoms with E-state index in [9.17, 15) is 19.1 Å². The monoisotopic (exact) mass is 312 g/mol. The molecule has 0 saturated carbocycles. The first kappa shape index (κ1) is 16.2. The zero-order valence-corrected chi connectivity index (χ0v) is 12.0. The molecule has 0 aromatic heterocycles. The molecule has 0 aliphatic heterocycles. The lowest BCUT2D eigenvalue weighted by Gasteiger charge is -2.15. The summed E-state index contributed by atoms with van der Waals surface area (Å²) >= 11 is 0. The van der Waals surface area contributed by atoms with Crippen LogP contribution in [0.5, 0.6) is 0 Å². The molecular formula is C17H13FN2O3. The Labute approximate surface area is 132 Å². The van der Waals surface area contributed by atoms with Crippen molar-refractivity contribution >= 4 is 11.9 Å². The van der Waals surface area contributed by atoms with Crippen molar-refractivity contribution in [1.29, 1.82) is 5.26 Å². The van der Waals surface area contributed by atoms with Gasteiger partial charge in [-0.1, -0.05) is 18.2 Å². The van der Waals surface area contributed by atoms with Crippen LogP contribution in [-0.2, 0) is 11.2 Å². The summed E-state index contributed by atoms with van der Waals surface area (Å²) in [7, 11) is 0. The number of hydrogen-bond acceptors (Lipinski definition) is 3. The van der Waals surface area contributed by atoms with Gasteiger partial charge in [-0.15, -0.1) is 0 Å². The number of nitriles is 1. The largest absolute Gasteiger partial charge is 0.480 e. The van der Waals surface area contributed by atoms with Gasteiger partial charge in [-0.05, 0) is 35.9 Å². The summed E-state index contributed by atoms with van der Waals surface area (Å²) in [6.45, 7) is 0. The Morgan fingerprint density at radius 3 is 2.43 bits per heavy atom. The maximum Gasteiger partial charge on any atom is 0.326 e. The van der Waals surface area contributed by atoms with Gasteiger partial charge in [0.05, 0.1) is 11.6 Å². The predicted molar refractivity (Wildman–Crippen MR) is 80.2 cm³/mol. The summed E-state index contributed by atoms with van der Waals surface area (Å²) < 4.78 is 12.9. The highest BCUT2D eigenvalue weighted by Gasteiger charge is 2.22. The fraction of sp³-hybridized carbons (Fsp3) is 0.118. The summed E-state index contributed by atoms with van der Waals surface area (Å²) in [5.74, 6) is -2.32. The number of amides is 1. The van der Waals surface area contributed by atoms with Gasteiger partial charge in [-0.25, -0.2) is 9.18 Å². The number of aliphatic carboxylic acids is 1. The molecule has 2 aromatic carbocycles. The number of nitrogens with one attached hydrogen (secondary N) is 1. The second-order valence-corrected chi connectivity index (χ2v) is 4.84. The molecule has 0 fully saturated rings. The second kappa shape index (κ2) is 7.18. The quantitative estimate of drug-likeness (QED) is 0.885. The van der Waals surface area contributed by atoms with E-state index in [0.717, 1.165) is 12.1 Å². The van der Waals surface area contributed by atoms with E-state index in [-0.39, 0.29) is 12.0 Å². The van der Waals surface area contributed by atoms with E-state index < -0.39 is 23.7 Å². The predicted octanol–water partition coefficient (Wildman–Crippen LogP) is 2.12. The van der Waals surface area contributed by atoms with E-state index in [4.69, 9.17) is 5.26 Å². The lowest BCUT2D eigenvalue weighted by Crippen LogP contribution is -2.42. The van der Waals surface area contributed by atoms with Crippen LogP contribution >= 0.6 is 0 Å². The highest BCUT2D eigenvalue weighted by Crippen LogP contribution is 2.11. The van der Waals surface area contributed by atoms with Gasteiger partial charge in [-0.2, -0.15) is 5.26 Å². The van der Waals surface area contributed by atoms with Crippen LogP contribution in [0.1, 0.15) is 21.5 Å². The summed E-state index contributed by atoms with van der Waals surface area (Å²) in [5.41, 5.74) is 1.04. The number of carbonyl (C=O) groups excluding carboxylic acids is 1. The Morgan fingerprint density at radius 1 is 1.17 bits per heavy atom. The number of nitrogens with zero attached hydrogens (tertiary/aromatic N) is 1. The van der Waals surface area contributed by atoms with Crippen LogP contribution in [-0.4, -0.2) is 23.0 Å². The van der Waals surface area contributed by atoms with Crippen molar-refractivity contribution in [3.63, 3.8) is 0 Å². The molecule has 0 saturated heterocycles. The fourth-order valence-electron chi connectivity index (χ4n) is 2.07. The van der Waals surface area contributed by atoms with Crippen molar-refractivity contribution in [3.8, 4) is 6.07 Å². The average molecular weight is 312 g/mol. The summed E-state index contributed by atoms with van der Waals surface area (Å²) in [5, 5.41) is 20.7. The Bertz CT molecular complexity index is 766. The number of rotatable bonds is 5. The molecule has 0 spiro atoms. The summed E-state index contributed by atoms with van der Waals surface area (Å²) in [6, 6.07) is 12.2. The van der Waals surface area contributed by atoms with Crippen molar-refractivity contribution in [2.75, 3.05) is 0 Å². The van der Waals surface area contributed by atoms with Crippen molar-refractivity contribution in [3.05, 3.63) is 71.0 Å². The minimum atomic E-state index is -1.21. The van der Waals surface area contributed by atoms with Gasteiger partial charge in [0.1, 0.15) is 11.9 Å². The smallest absolute Gasteiger partial charge is 0.326 e. The number of hydrogen-bond donors (Lipinski definition) is 2. The molecule has 2 rings (SSSR count). The van der Waals surface area contributed by atoms with Crippen molar-refractivity contribution in [1.82, 2.24) is 5.32 Å². The zero-order chi connectivity index (χ0) is 16.8. The van der Waals surface area contributed by atoms with Crippen LogP contribution < -0.4 is 5.32 Å².